The number of aromatic nitrogens is 1. The predicted octanol–water partition coefficient (Wildman–Crippen LogP) is 2.75. The van der Waals surface area contributed by atoms with Crippen molar-refractivity contribution >= 4 is 22.6 Å². The molecule has 2 saturated heterocycles. The fraction of sp³-hybridized carbons (Fsp3) is 0.750. The van der Waals surface area contributed by atoms with E-state index in [4.69, 9.17) is 9.47 Å². The molecule has 128 valence electrons. The van der Waals surface area contributed by atoms with Gasteiger partial charge in [-0.05, 0) is 33.6 Å². The van der Waals surface area contributed by atoms with Gasteiger partial charge < -0.3 is 19.3 Å². The van der Waals surface area contributed by atoms with Crippen molar-refractivity contribution in [3.8, 4) is 0 Å². The van der Waals surface area contributed by atoms with Crippen LogP contribution in [-0.2, 0) is 9.47 Å². The molecule has 3 rings (SSSR count). The Morgan fingerprint density at radius 3 is 2.70 bits per heavy atom. The van der Waals surface area contributed by atoms with Crippen LogP contribution in [0.1, 0.15) is 33.6 Å². The molecular weight excluding hydrogens is 314 g/mol. The van der Waals surface area contributed by atoms with Gasteiger partial charge in [0.05, 0.1) is 12.2 Å². The van der Waals surface area contributed by atoms with Crippen molar-refractivity contribution in [1.29, 1.82) is 0 Å². The van der Waals surface area contributed by atoms with Crippen molar-refractivity contribution in [3.63, 3.8) is 0 Å². The Balaban J connectivity index is 1.58. The second-order valence-corrected chi connectivity index (χ2v) is 8.11. The van der Waals surface area contributed by atoms with Crippen LogP contribution in [0.15, 0.2) is 11.6 Å². The van der Waals surface area contributed by atoms with Crippen LogP contribution in [0.2, 0.25) is 0 Å². The standard InChI is InChI=1S/C16H25N3O3S/c1-15(2,3)22-14(20)18-7-4-16(5-8-18)12-19(9-10-21-16)13-17-6-11-23-13/h6,11H,4-5,7-10,12H2,1-3H3. The highest BCUT2D eigenvalue weighted by Gasteiger charge is 2.41. The van der Waals surface area contributed by atoms with Crippen LogP contribution in [0.5, 0.6) is 0 Å². The Morgan fingerprint density at radius 1 is 1.35 bits per heavy atom. The summed E-state index contributed by atoms with van der Waals surface area (Å²) in [6.45, 7) is 9.49. The second kappa shape index (κ2) is 6.28. The fourth-order valence-corrected chi connectivity index (χ4v) is 3.78. The summed E-state index contributed by atoms with van der Waals surface area (Å²) >= 11 is 1.66. The Labute approximate surface area is 141 Å². The molecule has 23 heavy (non-hydrogen) atoms. The number of ether oxygens (including phenoxy) is 2. The van der Waals surface area contributed by atoms with E-state index in [0.29, 0.717) is 19.7 Å². The Morgan fingerprint density at radius 2 is 2.09 bits per heavy atom. The Kier molecular flexibility index (Phi) is 4.51. The minimum atomic E-state index is -0.449. The molecular formula is C16H25N3O3S. The molecule has 2 aliphatic rings. The first kappa shape index (κ1) is 16.5. The number of amides is 1. The number of hydrogen-bond acceptors (Lipinski definition) is 6. The van der Waals surface area contributed by atoms with E-state index in [0.717, 1.165) is 31.1 Å². The lowest BCUT2D eigenvalue weighted by atomic mass is 9.89. The van der Waals surface area contributed by atoms with Crippen LogP contribution in [0, 0.1) is 0 Å². The van der Waals surface area contributed by atoms with E-state index in [1.165, 1.54) is 0 Å². The third-order valence-corrected chi connectivity index (χ3v) is 5.10. The van der Waals surface area contributed by atoms with Gasteiger partial charge in [0.1, 0.15) is 5.60 Å². The molecule has 3 heterocycles. The van der Waals surface area contributed by atoms with Gasteiger partial charge >= 0.3 is 6.09 Å². The Bertz CT molecular complexity index is 533. The number of thiazole rings is 1. The minimum absolute atomic E-state index is 0.164. The smallest absolute Gasteiger partial charge is 0.410 e. The van der Waals surface area contributed by atoms with E-state index in [9.17, 15) is 4.79 Å². The van der Waals surface area contributed by atoms with E-state index in [1.807, 2.05) is 32.3 Å². The maximum absolute atomic E-state index is 12.2. The topological polar surface area (TPSA) is 54.9 Å². The number of rotatable bonds is 1. The average Bonchev–Trinajstić information content (AvgIpc) is 3.00. The highest BCUT2D eigenvalue weighted by Crippen LogP contribution is 2.33. The molecule has 2 fully saturated rings. The zero-order valence-electron chi connectivity index (χ0n) is 14.1. The van der Waals surface area contributed by atoms with Crippen LogP contribution < -0.4 is 4.90 Å². The third kappa shape index (κ3) is 3.95. The molecule has 0 aromatic carbocycles. The van der Waals surface area contributed by atoms with E-state index in [-0.39, 0.29) is 11.7 Å². The first-order valence-corrected chi connectivity index (χ1v) is 9.01. The molecule has 0 atom stereocenters. The van der Waals surface area contributed by atoms with E-state index in [2.05, 4.69) is 9.88 Å². The van der Waals surface area contributed by atoms with Gasteiger partial charge in [-0.2, -0.15) is 0 Å². The highest BCUT2D eigenvalue weighted by atomic mass is 32.1. The molecule has 6 nitrogen and oxygen atoms in total. The fourth-order valence-electron chi connectivity index (χ4n) is 3.11. The van der Waals surface area contributed by atoms with Crippen LogP contribution in [0.3, 0.4) is 0 Å². The summed E-state index contributed by atoms with van der Waals surface area (Å²) in [6.07, 6.45) is 3.30. The second-order valence-electron chi connectivity index (χ2n) is 7.24. The molecule has 0 bridgehead atoms. The molecule has 1 amide bonds. The summed E-state index contributed by atoms with van der Waals surface area (Å²) < 4.78 is 11.6. The van der Waals surface area contributed by atoms with Crippen molar-refractivity contribution in [1.82, 2.24) is 9.88 Å². The third-order valence-electron chi connectivity index (χ3n) is 4.26. The van der Waals surface area contributed by atoms with Gasteiger partial charge in [-0.15, -0.1) is 11.3 Å². The summed E-state index contributed by atoms with van der Waals surface area (Å²) in [5, 5.41) is 3.06. The molecule has 0 aliphatic carbocycles. The molecule has 7 heteroatoms. The minimum Gasteiger partial charge on any atom is -0.444 e. The van der Waals surface area contributed by atoms with Crippen LogP contribution in [0.4, 0.5) is 9.93 Å². The van der Waals surface area contributed by atoms with Crippen molar-refractivity contribution < 1.29 is 14.3 Å². The Hall–Kier alpha value is -1.34. The van der Waals surface area contributed by atoms with Crippen LogP contribution in [-0.4, -0.2) is 60.0 Å². The van der Waals surface area contributed by atoms with Crippen molar-refractivity contribution in [2.24, 2.45) is 0 Å². The van der Waals surface area contributed by atoms with Crippen LogP contribution >= 0.6 is 11.3 Å². The number of likely N-dealkylation sites (tertiary alicyclic amines) is 1. The first-order valence-electron chi connectivity index (χ1n) is 8.13. The van der Waals surface area contributed by atoms with Crippen molar-refractivity contribution in [2.45, 2.75) is 44.8 Å². The van der Waals surface area contributed by atoms with Gasteiger partial charge in [0.25, 0.3) is 0 Å². The molecule has 0 saturated carbocycles. The summed E-state index contributed by atoms with van der Waals surface area (Å²) in [4.78, 5) is 20.7. The largest absolute Gasteiger partial charge is 0.444 e. The summed E-state index contributed by atoms with van der Waals surface area (Å²) in [6, 6.07) is 0. The summed E-state index contributed by atoms with van der Waals surface area (Å²) in [7, 11) is 0. The quantitative estimate of drug-likeness (QED) is 0.787. The van der Waals surface area contributed by atoms with Gasteiger partial charge in [-0.25, -0.2) is 9.78 Å². The zero-order chi connectivity index (χ0) is 16.5. The maximum atomic E-state index is 12.2. The molecule has 2 aliphatic heterocycles. The monoisotopic (exact) mass is 339 g/mol. The summed E-state index contributed by atoms with van der Waals surface area (Å²) in [5.41, 5.74) is -0.613. The molecule has 0 radical (unpaired) electrons. The lowest BCUT2D eigenvalue weighted by Crippen LogP contribution is -2.58. The van der Waals surface area contributed by atoms with Crippen molar-refractivity contribution in [2.75, 3.05) is 37.7 Å². The molecule has 0 unspecified atom stereocenters. The van der Waals surface area contributed by atoms with E-state index < -0.39 is 5.60 Å². The van der Waals surface area contributed by atoms with Gasteiger partial charge in [0.15, 0.2) is 5.13 Å². The van der Waals surface area contributed by atoms with Gasteiger partial charge in [-0.3, -0.25) is 0 Å². The number of anilines is 1. The van der Waals surface area contributed by atoms with Gasteiger partial charge in [-0.1, -0.05) is 0 Å². The number of nitrogens with zero attached hydrogens (tertiary/aromatic N) is 3. The SMILES string of the molecule is CC(C)(C)OC(=O)N1CCC2(CC1)CN(c1nccs1)CCO2. The average molecular weight is 339 g/mol. The number of piperidine rings is 1. The highest BCUT2D eigenvalue weighted by molar-refractivity contribution is 7.13. The number of hydrogen-bond donors (Lipinski definition) is 0. The number of carbonyl (C=O) groups excluding carboxylic acids is 1. The molecule has 1 aromatic heterocycles. The van der Waals surface area contributed by atoms with E-state index in [1.54, 1.807) is 16.2 Å². The normalized spacial score (nSPS) is 21.5. The summed E-state index contributed by atoms with van der Waals surface area (Å²) in [5.74, 6) is 0. The van der Waals surface area contributed by atoms with Crippen LogP contribution in [0.25, 0.3) is 0 Å². The van der Waals surface area contributed by atoms with Gasteiger partial charge in [0, 0.05) is 37.8 Å². The predicted molar refractivity (Wildman–Crippen MR) is 90.1 cm³/mol. The maximum Gasteiger partial charge on any atom is 0.410 e. The number of morpholine rings is 1. The molecule has 1 spiro atoms. The number of carbonyl (C=O) groups is 1. The molecule has 1 aromatic rings. The zero-order valence-corrected chi connectivity index (χ0v) is 14.9. The van der Waals surface area contributed by atoms with E-state index >= 15 is 0 Å². The first-order chi connectivity index (χ1) is 10.9. The lowest BCUT2D eigenvalue weighted by Gasteiger charge is -2.47. The van der Waals surface area contributed by atoms with Crippen molar-refractivity contribution in [3.05, 3.63) is 11.6 Å². The molecule has 0 N–H and O–H groups in total. The lowest BCUT2D eigenvalue weighted by molar-refractivity contribution is -0.0912. The van der Waals surface area contributed by atoms with Gasteiger partial charge in [0.2, 0.25) is 0 Å².